The molecule has 5 atom stereocenters. The molecule has 3 fully saturated rings. The second-order valence-corrected chi connectivity index (χ2v) is 11.9. The Kier molecular flexibility index (Phi) is 6.76. The molecule has 2 bridgehead atoms. The lowest BCUT2D eigenvalue weighted by Gasteiger charge is -2.34. The zero-order valence-corrected chi connectivity index (χ0v) is 23.0. The molecule has 2 aromatic carbocycles. The van der Waals surface area contributed by atoms with Gasteiger partial charge in [0, 0.05) is 23.3 Å². The predicted octanol–water partition coefficient (Wildman–Crippen LogP) is 4.70. The zero-order valence-electron chi connectivity index (χ0n) is 22.3. The standard InChI is InChI=1S/C31H34ClN3O4/c1-18-14-19(2)16-23(15-18)34-28(36)25-24-12-13-31(39-24)26(25)30(38)35(17-20-8-10-21(32)11-9-20)27(31)29(37)33-22-6-4-3-5-7-22/h8-16,22,24-27H,3-7,17H2,1-2H3,(H,33,37)(H,34,36). The van der Waals surface area contributed by atoms with Crippen molar-refractivity contribution in [1.82, 2.24) is 10.2 Å². The van der Waals surface area contributed by atoms with Crippen LogP contribution in [0.3, 0.4) is 0 Å². The average molecular weight is 548 g/mol. The highest BCUT2D eigenvalue weighted by Crippen LogP contribution is 2.55. The molecule has 3 aliphatic heterocycles. The molecule has 2 saturated heterocycles. The summed E-state index contributed by atoms with van der Waals surface area (Å²) >= 11 is 6.09. The van der Waals surface area contributed by atoms with Crippen molar-refractivity contribution in [1.29, 1.82) is 0 Å². The summed E-state index contributed by atoms with van der Waals surface area (Å²) in [5, 5.41) is 6.85. The van der Waals surface area contributed by atoms with Crippen LogP contribution in [0.4, 0.5) is 5.69 Å². The van der Waals surface area contributed by atoms with E-state index in [0.29, 0.717) is 10.7 Å². The number of carbonyl (C=O) groups is 3. The molecule has 4 aliphatic rings. The number of halogens is 1. The third-order valence-electron chi connectivity index (χ3n) is 8.63. The Bertz CT molecular complexity index is 1320. The van der Waals surface area contributed by atoms with Crippen LogP contribution in [0.2, 0.25) is 5.02 Å². The maximum absolute atomic E-state index is 14.2. The minimum absolute atomic E-state index is 0.0837. The number of fused-ring (bicyclic) bond motifs is 1. The van der Waals surface area contributed by atoms with E-state index in [-0.39, 0.29) is 30.3 Å². The SMILES string of the molecule is Cc1cc(C)cc(NC(=O)C2C3C=CC4(O3)C2C(=O)N(Cc2ccc(Cl)cc2)C4C(=O)NC2CCCCC2)c1. The van der Waals surface area contributed by atoms with Gasteiger partial charge in [0.15, 0.2) is 0 Å². The van der Waals surface area contributed by atoms with E-state index in [2.05, 4.69) is 10.6 Å². The third-order valence-corrected chi connectivity index (χ3v) is 8.88. The maximum atomic E-state index is 14.2. The zero-order chi connectivity index (χ0) is 27.3. The maximum Gasteiger partial charge on any atom is 0.246 e. The van der Waals surface area contributed by atoms with Gasteiger partial charge in [-0.25, -0.2) is 0 Å². The Balaban J connectivity index is 1.32. The molecule has 5 unspecified atom stereocenters. The summed E-state index contributed by atoms with van der Waals surface area (Å²) in [5.41, 5.74) is 2.44. The molecule has 1 spiro atoms. The number of anilines is 1. The van der Waals surface area contributed by atoms with E-state index in [4.69, 9.17) is 16.3 Å². The number of nitrogens with one attached hydrogen (secondary N) is 2. The van der Waals surface area contributed by atoms with Crippen LogP contribution in [0.15, 0.2) is 54.6 Å². The number of amides is 3. The van der Waals surface area contributed by atoms with Gasteiger partial charge in [0.05, 0.1) is 17.9 Å². The molecule has 204 valence electrons. The van der Waals surface area contributed by atoms with Gasteiger partial charge >= 0.3 is 0 Å². The number of rotatable bonds is 6. The summed E-state index contributed by atoms with van der Waals surface area (Å²) in [6, 6.07) is 12.3. The van der Waals surface area contributed by atoms with Crippen molar-refractivity contribution in [2.75, 3.05) is 5.32 Å². The van der Waals surface area contributed by atoms with Gasteiger partial charge in [-0.1, -0.05) is 61.2 Å². The molecule has 6 rings (SSSR count). The Hall–Kier alpha value is -3.16. The Morgan fingerprint density at radius 1 is 1.03 bits per heavy atom. The number of nitrogens with zero attached hydrogens (tertiary/aromatic N) is 1. The van der Waals surface area contributed by atoms with E-state index in [1.165, 1.54) is 6.42 Å². The third kappa shape index (κ3) is 4.66. The molecule has 1 aliphatic carbocycles. The van der Waals surface area contributed by atoms with Crippen molar-refractivity contribution in [2.45, 2.75) is 76.3 Å². The van der Waals surface area contributed by atoms with Gasteiger partial charge in [0.1, 0.15) is 11.6 Å². The Labute approximate surface area is 233 Å². The average Bonchev–Trinajstić information content (AvgIpc) is 3.53. The first-order valence-corrected chi connectivity index (χ1v) is 14.2. The van der Waals surface area contributed by atoms with Crippen molar-refractivity contribution >= 4 is 35.0 Å². The van der Waals surface area contributed by atoms with Crippen molar-refractivity contribution in [2.24, 2.45) is 11.8 Å². The van der Waals surface area contributed by atoms with Crippen LogP contribution in [0.25, 0.3) is 0 Å². The quantitative estimate of drug-likeness (QED) is 0.513. The number of aryl methyl sites for hydroxylation is 2. The van der Waals surface area contributed by atoms with E-state index >= 15 is 0 Å². The minimum atomic E-state index is -1.18. The second kappa shape index (κ2) is 10.1. The fraction of sp³-hybridized carbons (Fsp3) is 0.452. The van der Waals surface area contributed by atoms with Crippen molar-refractivity contribution in [3.63, 3.8) is 0 Å². The van der Waals surface area contributed by atoms with Crippen LogP contribution in [-0.4, -0.2) is 46.4 Å². The fourth-order valence-corrected chi connectivity index (χ4v) is 7.15. The van der Waals surface area contributed by atoms with Gasteiger partial charge < -0.3 is 20.3 Å². The largest absolute Gasteiger partial charge is 0.359 e. The predicted molar refractivity (Wildman–Crippen MR) is 149 cm³/mol. The van der Waals surface area contributed by atoms with Crippen molar-refractivity contribution < 1.29 is 19.1 Å². The van der Waals surface area contributed by atoms with Gasteiger partial charge in [-0.3, -0.25) is 14.4 Å². The summed E-state index contributed by atoms with van der Waals surface area (Å²) in [5.74, 6) is -2.24. The fourth-order valence-electron chi connectivity index (χ4n) is 7.02. The van der Waals surface area contributed by atoms with Crippen molar-refractivity contribution in [3.05, 3.63) is 76.3 Å². The minimum Gasteiger partial charge on any atom is -0.359 e. The number of ether oxygens (including phenoxy) is 1. The number of carbonyl (C=O) groups excluding carboxylic acids is 3. The Morgan fingerprint density at radius 3 is 2.41 bits per heavy atom. The molecule has 3 amide bonds. The molecule has 3 heterocycles. The highest BCUT2D eigenvalue weighted by atomic mass is 35.5. The first-order chi connectivity index (χ1) is 18.7. The van der Waals surface area contributed by atoms with E-state index < -0.39 is 29.6 Å². The number of benzene rings is 2. The molecule has 39 heavy (non-hydrogen) atoms. The monoisotopic (exact) mass is 547 g/mol. The summed E-state index contributed by atoms with van der Waals surface area (Å²) in [6.45, 7) is 4.18. The van der Waals surface area contributed by atoms with Crippen molar-refractivity contribution in [3.8, 4) is 0 Å². The molecule has 0 radical (unpaired) electrons. The molecule has 8 heteroatoms. The summed E-state index contributed by atoms with van der Waals surface area (Å²) in [6.07, 6.45) is 8.34. The molecule has 1 saturated carbocycles. The molecule has 0 aromatic heterocycles. The normalized spacial score (nSPS) is 29.5. The molecular weight excluding hydrogens is 514 g/mol. The summed E-state index contributed by atoms with van der Waals surface area (Å²) in [7, 11) is 0. The second-order valence-electron chi connectivity index (χ2n) is 11.5. The lowest BCUT2D eigenvalue weighted by atomic mass is 9.74. The van der Waals surface area contributed by atoms with Gasteiger partial charge in [0.2, 0.25) is 17.7 Å². The number of hydrogen-bond acceptors (Lipinski definition) is 4. The van der Waals surface area contributed by atoms with E-state index in [0.717, 1.165) is 42.4 Å². The van der Waals surface area contributed by atoms with Crippen LogP contribution < -0.4 is 10.6 Å². The van der Waals surface area contributed by atoms with Crippen LogP contribution in [0.5, 0.6) is 0 Å². The van der Waals surface area contributed by atoms with Gasteiger partial charge in [0.25, 0.3) is 0 Å². The number of likely N-dealkylation sites (tertiary alicyclic amines) is 1. The summed E-state index contributed by atoms with van der Waals surface area (Å²) < 4.78 is 6.47. The first kappa shape index (κ1) is 26.1. The molecule has 2 N–H and O–H groups in total. The highest BCUT2D eigenvalue weighted by Gasteiger charge is 2.72. The first-order valence-electron chi connectivity index (χ1n) is 13.9. The highest BCUT2D eigenvalue weighted by molar-refractivity contribution is 6.30. The lowest BCUT2D eigenvalue weighted by Crippen LogP contribution is -2.56. The van der Waals surface area contributed by atoms with Gasteiger partial charge in [-0.15, -0.1) is 0 Å². The lowest BCUT2D eigenvalue weighted by molar-refractivity contribution is -0.142. The van der Waals surface area contributed by atoms with Gasteiger partial charge in [-0.05, 0) is 67.6 Å². The van der Waals surface area contributed by atoms with Crippen LogP contribution >= 0.6 is 11.6 Å². The molecule has 7 nitrogen and oxygen atoms in total. The van der Waals surface area contributed by atoms with E-state index in [1.807, 2.05) is 56.3 Å². The van der Waals surface area contributed by atoms with Crippen LogP contribution in [0.1, 0.15) is 48.8 Å². The van der Waals surface area contributed by atoms with Crippen LogP contribution in [0, 0.1) is 25.7 Å². The van der Waals surface area contributed by atoms with Crippen LogP contribution in [-0.2, 0) is 25.7 Å². The van der Waals surface area contributed by atoms with E-state index in [1.54, 1.807) is 17.0 Å². The van der Waals surface area contributed by atoms with E-state index in [9.17, 15) is 14.4 Å². The van der Waals surface area contributed by atoms with Gasteiger partial charge in [-0.2, -0.15) is 0 Å². The summed E-state index contributed by atoms with van der Waals surface area (Å²) in [4.78, 5) is 43.4. The topological polar surface area (TPSA) is 87.7 Å². The number of hydrogen-bond donors (Lipinski definition) is 2. The molecule has 2 aromatic rings. The smallest absolute Gasteiger partial charge is 0.246 e. The molecular formula is C31H34ClN3O4. The Morgan fingerprint density at radius 2 is 1.72 bits per heavy atom.